The molecule has 0 aliphatic heterocycles. The molecule has 5 heteroatoms. The molecule has 0 saturated carbocycles. The zero-order valence-electron chi connectivity index (χ0n) is 17.0. The molecule has 0 unspecified atom stereocenters. The Labute approximate surface area is 165 Å². The molecule has 2 aromatic carbocycles. The van der Waals surface area contributed by atoms with Crippen molar-refractivity contribution in [3.05, 3.63) is 54.1 Å². The van der Waals surface area contributed by atoms with Gasteiger partial charge in [-0.25, -0.2) is 9.97 Å². The fourth-order valence-corrected chi connectivity index (χ4v) is 3.08. The number of nitrogens with one attached hydrogen (secondary N) is 1. The minimum absolute atomic E-state index is 0.0639. The fraction of sp³-hybridized carbons (Fsp3) is 0.348. The van der Waals surface area contributed by atoms with Crippen LogP contribution in [-0.2, 0) is 10.2 Å². The van der Waals surface area contributed by atoms with Crippen molar-refractivity contribution in [3.63, 3.8) is 0 Å². The van der Waals surface area contributed by atoms with Crippen LogP contribution in [-0.4, -0.2) is 22.0 Å². The summed E-state index contributed by atoms with van der Waals surface area (Å²) in [4.78, 5) is 20.9. The number of fused-ring (bicyclic) bond motifs is 1. The monoisotopic (exact) mass is 376 g/mol. The molecule has 3 rings (SSSR count). The highest BCUT2D eigenvalue weighted by Crippen LogP contribution is 2.28. The maximum Gasteiger partial charge on any atom is 0.162 e. The van der Waals surface area contributed by atoms with Crippen LogP contribution in [0.4, 0.5) is 5.82 Å². The molecular weight excluding hydrogens is 350 g/mol. The van der Waals surface area contributed by atoms with E-state index >= 15 is 0 Å². The van der Waals surface area contributed by atoms with Crippen molar-refractivity contribution in [1.29, 1.82) is 0 Å². The number of anilines is 1. The van der Waals surface area contributed by atoms with Crippen LogP contribution in [0.15, 0.2) is 48.5 Å². The van der Waals surface area contributed by atoms with Crippen molar-refractivity contribution in [2.24, 2.45) is 5.92 Å². The van der Waals surface area contributed by atoms with Crippen molar-refractivity contribution >= 4 is 22.7 Å². The van der Waals surface area contributed by atoms with E-state index in [9.17, 15) is 9.90 Å². The van der Waals surface area contributed by atoms with Crippen LogP contribution in [0.25, 0.3) is 22.3 Å². The second-order valence-corrected chi connectivity index (χ2v) is 8.43. The van der Waals surface area contributed by atoms with Crippen molar-refractivity contribution < 1.29 is 9.90 Å². The predicted octanol–water partition coefficient (Wildman–Crippen LogP) is 3.78. The summed E-state index contributed by atoms with van der Waals surface area (Å²) in [6, 6.07) is 14.9. The van der Waals surface area contributed by atoms with Gasteiger partial charge < -0.3 is 15.2 Å². The molecule has 0 amide bonds. The van der Waals surface area contributed by atoms with Crippen LogP contribution < -0.4 is 10.4 Å². The zero-order valence-corrected chi connectivity index (χ0v) is 17.0. The van der Waals surface area contributed by atoms with Gasteiger partial charge in [-0.15, -0.1) is 0 Å². The first-order valence-electron chi connectivity index (χ1n) is 9.52. The van der Waals surface area contributed by atoms with E-state index in [1.54, 1.807) is 0 Å². The summed E-state index contributed by atoms with van der Waals surface area (Å²) in [7, 11) is 0. The van der Waals surface area contributed by atoms with E-state index in [4.69, 9.17) is 0 Å². The topological polar surface area (TPSA) is 77.9 Å². The van der Waals surface area contributed by atoms with Crippen molar-refractivity contribution in [2.75, 3.05) is 5.32 Å². The number of carbonyl (C=O) groups excluding carboxylic acids is 1. The molecule has 3 aromatic rings. The highest BCUT2D eigenvalue weighted by atomic mass is 16.4. The third kappa shape index (κ3) is 4.14. The molecule has 1 atom stereocenters. The van der Waals surface area contributed by atoms with Crippen molar-refractivity contribution in [2.45, 2.75) is 46.1 Å². The first kappa shape index (κ1) is 19.8. The van der Waals surface area contributed by atoms with E-state index in [2.05, 4.69) is 48.2 Å². The summed E-state index contributed by atoms with van der Waals surface area (Å²) in [6.07, 6.45) is 0. The Balaban J connectivity index is 2.08. The fourth-order valence-electron chi connectivity index (χ4n) is 3.08. The lowest BCUT2D eigenvalue weighted by atomic mass is 9.87. The Morgan fingerprint density at radius 2 is 1.64 bits per heavy atom. The van der Waals surface area contributed by atoms with E-state index in [1.165, 1.54) is 5.56 Å². The molecule has 0 bridgehead atoms. The Hall–Kier alpha value is -2.95. The first-order chi connectivity index (χ1) is 13.2. The quantitative estimate of drug-likeness (QED) is 0.733. The van der Waals surface area contributed by atoms with Gasteiger partial charge in [0, 0.05) is 10.9 Å². The largest absolute Gasteiger partial charge is 0.548 e. The van der Waals surface area contributed by atoms with Gasteiger partial charge in [-0.2, -0.15) is 0 Å². The minimum Gasteiger partial charge on any atom is -0.548 e. The number of carboxylic acid groups (broad SMARTS) is 1. The molecule has 0 radical (unpaired) electrons. The molecular formula is C23H26N3O2-. The predicted molar refractivity (Wildman–Crippen MR) is 111 cm³/mol. The second kappa shape index (κ2) is 7.58. The molecule has 1 aromatic heterocycles. The van der Waals surface area contributed by atoms with Gasteiger partial charge in [0.15, 0.2) is 5.82 Å². The molecule has 146 valence electrons. The van der Waals surface area contributed by atoms with Gasteiger partial charge in [0.2, 0.25) is 0 Å². The molecule has 28 heavy (non-hydrogen) atoms. The van der Waals surface area contributed by atoms with Crippen LogP contribution in [0, 0.1) is 5.92 Å². The average molecular weight is 376 g/mol. The molecule has 1 heterocycles. The molecule has 1 N–H and O–H groups in total. The van der Waals surface area contributed by atoms with Crippen molar-refractivity contribution in [3.8, 4) is 11.4 Å². The number of hydrogen-bond acceptors (Lipinski definition) is 5. The summed E-state index contributed by atoms with van der Waals surface area (Å²) in [6.45, 7) is 10.2. The summed E-state index contributed by atoms with van der Waals surface area (Å²) in [5.74, 6) is -0.229. The van der Waals surface area contributed by atoms with E-state index in [0.29, 0.717) is 11.6 Å². The lowest BCUT2D eigenvalue weighted by molar-refractivity contribution is -0.307. The number of carboxylic acids is 1. The average Bonchev–Trinajstić information content (AvgIpc) is 2.64. The van der Waals surface area contributed by atoms with Gasteiger partial charge in [-0.3, -0.25) is 0 Å². The number of aromatic nitrogens is 2. The number of nitrogens with zero attached hydrogens (tertiary/aromatic N) is 2. The van der Waals surface area contributed by atoms with Crippen LogP contribution in [0.5, 0.6) is 0 Å². The molecule has 5 nitrogen and oxygen atoms in total. The van der Waals surface area contributed by atoms with Gasteiger partial charge in [-0.1, -0.05) is 71.0 Å². The highest BCUT2D eigenvalue weighted by Gasteiger charge is 2.18. The van der Waals surface area contributed by atoms with Gasteiger partial charge in [0.05, 0.1) is 17.5 Å². The molecule has 0 aliphatic carbocycles. The molecule has 0 aliphatic rings. The van der Waals surface area contributed by atoms with Crippen molar-refractivity contribution in [1.82, 2.24) is 9.97 Å². The Morgan fingerprint density at radius 3 is 2.21 bits per heavy atom. The van der Waals surface area contributed by atoms with Gasteiger partial charge in [-0.05, 0) is 29.0 Å². The first-order valence-corrected chi connectivity index (χ1v) is 9.52. The Kier molecular flexibility index (Phi) is 5.36. The number of carbonyl (C=O) groups is 1. The van der Waals surface area contributed by atoms with E-state index < -0.39 is 12.0 Å². The Morgan fingerprint density at radius 1 is 1.00 bits per heavy atom. The summed E-state index contributed by atoms with van der Waals surface area (Å²) < 4.78 is 0. The molecule has 0 saturated heterocycles. The normalized spacial score (nSPS) is 12.9. The maximum atomic E-state index is 11.6. The third-order valence-electron chi connectivity index (χ3n) is 4.83. The van der Waals surface area contributed by atoms with Crippen LogP contribution in [0.1, 0.15) is 40.2 Å². The minimum atomic E-state index is -1.14. The van der Waals surface area contributed by atoms with Gasteiger partial charge >= 0.3 is 0 Å². The molecule has 0 spiro atoms. The zero-order chi connectivity index (χ0) is 20.5. The summed E-state index contributed by atoms with van der Waals surface area (Å²) in [5, 5.41) is 15.4. The van der Waals surface area contributed by atoms with Crippen LogP contribution in [0.2, 0.25) is 0 Å². The smallest absolute Gasteiger partial charge is 0.162 e. The number of para-hydroxylation sites is 1. The van der Waals surface area contributed by atoms with Gasteiger partial charge in [0.25, 0.3) is 0 Å². The van der Waals surface area contributed by atoms with Crippen LogP contribution >= 0.6 is 0 Å². The van der Waals surface area contributed by atoms with E-state index in [0.717, 1.165) is 16.5 Å². The maximum absolute atomic E-state index is 11.6. The van der Waals surface area contributed by atoms with Crippen LogP contribution in [0.3, 0.4) is 0 Å². The highest BCUT2D eigenvalue weighted by molar-refractivity contribution is 5.92. The lowest BCUT2D eigenvalue weighted by Gasteiger charge is -2.24. The Bertz CT molecular complexity index is 989. The lowest BCUT2D eigenvalue weighted by Crippen LogP contribution is -2.44. The number of benzene rings is 2. The standard InChI is InChI=1S/C23H27N3O2/c1-14(2)19(22(27)28)25-21-17-8-6-7-9-18(17)24-20(26-21)15-10-12-16(13-11-15)23(3,4)5/h6-14,19H,1-5H3,(H,27,28)(H,24,25,26)/p-1/t19-/m0/s1. The van der Waals surface area contributed by atoms with Gasteiger partial charge in [0.1, 0.15) is 5.82 Å². The van der Waals surface area contributed by atoms with E-state index in [-0.39, 0.29) is 11.3 Å². The SMILES string of the molecule is CC(C)[C@H](Nc1nc(-c2ccc(C(C)(C)C)cc2)nc2ccccc12)C(=O)[O-]. The number of aliphatic carboxylic acids is 1. The summed E-state index contributed by atoms with van der Waals surface area (Å²) in [5.41, 5.74) is 2.94. The number of rotatable bonds is 5. The second-order valence-electron chi connectivity index (χ2n) is 8.43. The third-order valence-corrected chi connectivity index (χ3v) is 4.83. The number of hydrogen-bond donors (Lipinski definition) is 1. The summed E-state index contributed by atoms with van der Waals surface area (Å²) >= 11 is 0. The van der Waals surface area contributed by atoms with E-state index in [1.807, 2.05) is 50.2 Å². The molecule has 0 fully saturated rings.